The van der Waals surface area contributed by atoms with Crippen LogP contribution in [-0.2, 0) is 9.59 Å². The molecule has 1 aliphatic rings. The van der Waals surface area contributed by atoms with E-state index in [4.69, 9.17) is 11.6 Å². The molecule has 1 aliphatic carbocycles. The fraction of sp³-hybridized carbons (Fsp3) is 0.200. The minimum absolute atomic E-state index is 0.317. The third kappa shape index (κ3) is 5.03. The summed E-state index contributed by atoms with van der Waals surface area (Å²) in [5.74, 6) is -3.00. The Morgan fingerprint density at radius 3 is 2.38 bits per heavy atom. The molecule has 0 saturated carbocycles. The normalized spacial score (nSPS) is 18.0. The third-order valence-electron chi connectivity index (χ3n) is 5.72. The Morgan fingerprint density at radius 2 is 1.71 bits per heavy atom. The van der Waals surface area contributed by atoms with Crippen LogP contribution in [0.2, 0.25) is 5.02 Å². The first kappa shape index (κ1) is 23.7. The van der Waals surface area contributed by atoms with Crippen LogP contribution >= 0.6 is 22.9 Å². The van der Waals surface area contributed by atoms with Crippen molar-refractivity contribution in [1.82, 2.24) is 5.43 Å². The van der Waals surface area contributed by atoms with Crippen LogP contribution in [0.1, 0.15) is 35.0 Å². The van der Waals surface area contributed by atoms with Crippen molar-refractivity contribution in [1.29, 1.82) is 0 Å². The lowest BCUT2D eigenvalue weighted by Crippen LogP contribution is -2.34. The number of aliphatic carboxylic acids is 1. The number of amides is 2. The fourth-order valence-corrected chi connectivity index (χ4v) is 5.22. The van der Waals surface area contributed by atoms with Crippen LogP contribution in [0.15, 0.2) is 65.8 Å². The summed E-state index contributed by atoms with van der Waals surface area (Å²) in [6, 6.07) is 14.5. The number of carbonyl (C=O) groups excluding carboxylic acids is 2. The number of hydrazone groups is 1. The molecule has 3 N–H and O–H groups in total. The summed E-state index contributed by atoms with van der Waals surface area (Å²) in [6.45, 7) is 1.76. The highest BCUT2D eigenvalue weighted by atomic mass is 35.5. The second-order valence-electron chi connectivity index (χ2n) is 7.94. The Kier molecular flexibility index (Phi) is 7.09. The van der Waals surface area contributed by atoms with Gasteiger partial charge in [0.25, 0.3) is 5.91 Å². The van der Waals surface area contributed by atoms with Crippen LogP contribution in [0.4, 0.5) is 5.69 Å². The summed E-state index contributed by atoms with van der Waals surface area (Å²) in [5.41, 5.74) is 4.43. The van der Waals surface area contributed by atoms with Crippen LogP contribution in [0.3, 0.4) is 0 Å². The van der Waals surface area contributed by atoms with Crippen LogP contribution in [-0.4, -0.2) is 28.6 Å². The van der Waals surface area contributed by atoms with E-state index in [1.54, 1.807) is 37.3 Å². The van der Waals surface area contributed by atoms with Gasteiger partial charge < -0.3 is 10.4 Å². The Morgan fingerprint density at radius 1 is 1.03 bits per heavy atom. The number of nitrogens with one attached hydrogen (secondary N) is 2. The minimum Gasteiger partial charge on any atom is -0.481 e. The largest absolute Gasteiger partial charge is 0.481 e. The van der Waals surface area contributed by atoms with E-state index in [9.17, 15) is 19.5 Å². The zero-order valence-corrected chi connectivity index (χ0v) is 19.8. The first-order chi connectivity index (χ1) is 16.3. The first-order valence-electron chi connectivity index (χ1n) is 10.7. The number of benzene rings is 2. The number of hydrogen-bond acceptors (Lipinski definition) is 5. The van der Waals surface area contributed by atoms with E-state index in [1.807, 2.05) is 30.3 Å². The van der Waals surface area contributed by atoms with Gasteiger partial charge in [-0.05, 0) is 43.5 Å². The highest BCUT2D eigenvalue weighted by Gasteiger charge is 2.33. The highest BCUT2D eigenvalue weighted by Crippen LogP contribution is 2.35. The minimum atomic E-state index is -0.967. The van der Waals surface area contributed by atoms with E-state index in [0.29, 0.717) is 34.1 Å². The Balaban J connectivity index is 1.40. The lowest BCUT2D eigenvalue weighted by Gasteiger charge is -2.24. The highest BCUT2D eigenvalue weighted by molar-refractivity contribution is 7.21. The van der Waals surface area contributed by atoms with Crippen molar-refractivity contribution >= 4 is 62.2 Å². The summed E-state index contributed by atoms with van der Waals surface area (Å²) in [6.07, 6.45) is 4.39. The number of carbonyl (C=O) groups is 3. The van der Waals surface area contributed by atoms with Gasteiger partial charge >= 0.3 is 5.97 Å². The van der Waals surface area contributed by atoms with Crippen LogP contribution in [0, 0.1) is 11.8 Å². The molecular formula is C25H22ClN3O4S. The van der Waals surface area contributed by atoms with Gasteiger partial charge in [0.05, 0.1) is 22.6 Å². The van der Waals surface area contributed by atoms with Gasteiger partial charge in [-0.15, -0.1) is 11.3 Å². The molecule has 2 amide bonds. The van der Waals surface area contributed by atoms with E-state index >= 15 is 0 Å². The average Bonchev–Trinajstić information content (AvgIpc) is 3.19. The lowest BCUT2D eigenvalue weighted by molar-refractivity contribution is -0.146. The maximum atomic E-state index is 12.6. The number of carboxylic acids is 1. The molecule has 7 nitrogen and oxygen atoms in total. The van der Waals surface area contributed by atoms with Crippen molar-refractivity contribution < 1.29 is 19.5 Å². The molecule has 1 heterocycles. The van der Waals surface area contributed by atoms with Gasteiger partial charge in [0.2, 0.25) is 5.91 Å². The van der Waals surface area contributed by atoms with Gasteiger partial charge in [0.1, 0.15) is 4.88 Å². The lowest BCUT2D eigenvalue weighted by atomic mass is 9.82. The van der Waals surface area contributed by atoms with E-state index in [2.05, 4.69) is 15.8 Å². The Hall–Kier alpha value is -3.49. The number of rotatable bonds is 6. The molecular weight excluding hydrogens is 474 g/mol. The molecule has 0 spiro atoms. The first-order valence-corrected chi connectivity index (χ1v) is 11.9. The smallest absolute Gasteiger partial charge is 0.307 e. The zero-order valence-electron chi connectivity index (χ0n) is 18.2. The average molecular weight is 496 g/mol. The number of nitrogens with zero attached hydrogens (tertiary/aromatic N) is 1. The number of fused-ring (bicyclic) bond motifs is 1. The van der Waals surface area contributed by atoms with Gasteiger partial charge in [0.15, 0.2) is 0 Å². The molecule has 3 aromatic rings. The molecule has 0 radical (unpaired) electrons. The predicted octanol–water partition coefficient (Wildman–Crippen LogP) is 5.31. The monoisotopic (exact) mass is 495 g/mol. The molecule has 34 heavy (non-hydrogen) atoms. The van der Waals surface area contributed by atoms with Crippen LogP contribution in [0.5, 0.6) is 0 Å². The Labute approximate surface area is 205 Å². The summed E-state index contributed by atoms with van der Waals surface area (Å²) < 4.78 is 0.926. The standard InChI is InChI=1S/C25H22ClN3O4S/c1-14(28-29-24(31)22-21(26)19-8-4-5-9-20(19)34-22)15-10-12-16(13-11-15)27-23(30)17-6-2-3-7-18(17)25(32)33/h2-5,8-13,17-18H,6-7H2,1H3,(H,27,30)(H,29,31)(H,32,33)/b28-14+. The number of carboxylic acid groups (broad SMARTS) is 1. The van der Waals surface area contributed by atoms with Crippen molar-refractivity contribution in [2.24, 2.45) is 16.9 Å². The number of hydrogen-bond donors (Lipinski definition) is 3. The number of thiophene rings is 1. The molecule has 2 aromatic carbocycles. The summed E-state index contributed by atoms with van der Waals surface area (Å²) in [5, 5.41) is 17.6. The maximum absolute atomic E-state index is 12.6. The van der Waals surface area contributed by atoms with Crippen molar-refractivity contribution in [3.8, 4) is 0 Å². The second kappa shape index (κ2) is 10.2. The maximum Gasteiger partial charge on any atom is 0.307 e. The van der Waals surface area contributed by atoms with Gasteiger partial charge in [-0.3, -0.25) is 14.4 Å². The van der Waals surface area contributed by atoms with Gasteiger partial charge in [-0.1, -0.05) is 54.1 Å². The van der Waals surface area contributed by atoms with Gasteiger partial charge in [-0.25, -0.2) is 5.43 Å². The van der Waals surface area contributed by atoms with Crippen molar-refractivity contribution in [3.05, 3.63) is 76.1 Å². The van der Waals surface area contributed by atoms with E-state index in [1.165, 1.54) is 11.3 Å². The molecule has 0 fully saturated rings. The van der Waals surface area contributed by atoms with Crippen LogP contribution in [0.25, 0.3) is 10.1 Å². The third-order valence-corrected chi connectivity index (χ3v) is 7.40. The predicted molar refractivity (Wildman–Crippen MR) is 135 cm³/mol. The second-order valence-corrected chi connectivity index (χ2v) is 9.37. The van der Waals surface area contributed by atoms with Gasteiger partial charge in [-0.2, -0.15) is 5.10 Å². The zero-order chi connectivity index (χ0) is 24.2. The van der Waals surface area contributed by atoms with Gasteiger partial charge in [0, 0.05) is 15.8 Å². The van der Waals surface area contributed by atoms with Crippen molar-refractivity contribution in [2.75, 3.05) is 5.32 Å². The topological polar surface area (TPSA) is 108 Å². The molecule has 9 heteroatoms. The van der Waals surface area contributed by atoms with E-state index in [-0.39, 0.29) is 11.8 Å². The number of halogens is 1. The molecule has 0 aliphatic heterocycles. The molecule has 0 bridgehead atoms. The van der Waals surface area contributed by atoms with E-state index in [0.717, 1.165) is 15.6 Å². The van der Waals surface area contributed by atoms with Crippen molar-refractivity contribution in [3.63, 3.8) is 0 Å². The number of anilines is 1. The molecule has 0 saturated heterocycles. The summed E-state index contributed by atoms with van der Waals surface area (Å²) in [7, 11) is 0. The quantitative estimate of drug-likeness (QED) is 0.244. The molecule has 4 rings (SSSR count). The molecule has 174 valence electrons. The fourth-order valence-electron chi connectivity index (χ4n) is 3.82. The van der Waals surface area contributed by atoms with E-state index < -0.39 is 17.8 Å². The Bertz CT molecular complexity index is 1310. The molecule has 2 unspecified atom stereocenters. The van der Waals surface area contributed by atoms with Crippen LogP contribution < -0.4 is 10.7 Å². The molecule has 2 atom stereocenters. The summed E-state index contributed by atoms with van der Waals surface area (Å²) in [4.78, 5) is 37.0. The summed E-state index contributed by atoms with van der Waals surface area (Å²) >= 11 is 7.66. The molecule has 1 aromatic heterocycles. The SMILES string of the molecule is C/C(=N\NC(=O)c1sc2ccccc2c1Cl)c1ccc(NC(=O)C2CC=CCC2C(=O)O)cc1. The van der Waals surface area contributed by atoms with Crippen molar-refractivity contribution in [2.45, 2.75) is 19.8 Å². The number of allylic oxidation sites excluding steroid dienone is 2.